The van der Waals surface area contributed by atoms with Gasteiger partial charge in [-0.15, -0.1) is 11.3 Å². The SMILES string of the molecule is Cc1csc(Cc2c(C(=O)O)nc3c(C)cccn23)n1. The Kier molecular flexibility index (Phi) is 3.02. The highest BCUT2D eigenvalue weighted by atomic mass is 32.1. The summed E-state index contributed by atoms with van der Waals surface area (Å²) in [5, 5.41) is 12.2. The van der Waals surface area contributed by atoms with Crippen molar-refractivity contribution in [2.24, 2.45) is 0 Å². The molecule has 0 bridgehead atoms. The lowest BCUT2D eigenvalue weighted by atomic mass is 10.2. The van der Waals surface area contributed by atoms with Gasteiger partial charge in [-0.3, -0.25) is 0 Å². The summed E-state index contributed by atoms with van der Waals surface area (Å²) in [6, 6.07) is 3.82. The number of fused-ring (bicyclic) bond motifs is 1. The molecule has 3 aromatic rings. The summed E-state index contributed by atoms with van der Waals surface area (Å²) in [5.74, 6) is -1.00. The molecule has 0 aliphatic carbocycles. The molecule has 0 saturated carbocycles. The third-order valence-corrected chi connectivity index (χ3v) is 4.10. The quantitative estimate of drug-likeness (QED) is 0.804. The second-order valence-electron chi connectivity index (χ2n) is 4.66. The molecule has 0 aromatic carbocycles. The number of carboxylic acid groups (broad SMARTS) is 1. The van der Waals surface area contributed by atoms with Crippen LogP contribution >= 0.6 is 11.3 Å². The summed E-state index contributed by atoms with van der Waals surface area (Å²) < 4.78 is 1.84. The summed E-state index contributed by atoms with van der Waals surface area (Å²) in [6.45, 7) is 3.85. The van der Waals surface area contributed by atoms with Crippen LogP contribution in [0, 0.1) is 13.8 Å². The maximum absolute atomic E-state index is 11.4. The van der Waals surface area contributed by atoms with E-state index >= 15 is 0 Å². The van der Waals surface area contributed by atoms with Gasteiger partial charge in [0, 0.05) is 23.7 Å². The minimum atomic E-state index is -1.00. The Bertz CT molecular complexity index is 804. The molecule has 0 fully saturated rings. The number of carbonyl (C=O) groups is 1. The van der Waals surface area contributed by atoms with Gasteiger partial charge in [-0.1, -0.05) is 6.07 Å². The molecule has 0 aliphatic heterocycles. The number of pyridine rings is 1. The van der Waals surface area contributed by atoms with Crippen LogP contribution in [0.25, 0.3) is 5.65 Å². The fraction of sp³-hybridized carbons (Fsp3) is 0.214. The van der Waals surface area contributed by atoms with Gasteiger partial charge in [-0.05, 0) is 25.5 Å². The normalized spacial score (nSPS) is 11.1. The van der Waals surface area contributed by atoms with E-state index in [4.69, 9.17) is 0 Å². The van der Waals surface area contributed by atoms with Crippen molar-refractivity contribution in [1.29, 1.82) is 0 Å². The number of aromatic carboxylic acids is 1. The van der Waals surface area contributed by atoms with E-state index < -0.39 is 5.97 Å². The number of carboxylic acids is 1. The topological polar surface area (TPSA) is 67.5 Å². The number of nitrogens with zero attached hydrogens (tertiary/aromatic N) is 3. The molecule has 0 amide bonds. The van der Waals surface area contributed by atoms with Gasteiger partial charge in [-0.2, -0.15) is 0 Å². The Hall–Kier alpha value is -2.21. The van der Waals surface area contributed by atoms with Crippen molar-refractivity contribution in [2.45, 2.75) is 20.3 Å². The van der Waals surface area contributed by atoms with Crippen LogP contribution in [-0.2, 0) is 6.42 Å². The number of imidazole rings is 1. The van der Waals surface area contributed by atoms with E-state index in [1.54, 1.807) is 0 Å². The van der Waals surface area contributed by atoms with E-state index in [0.717, 1.165) is 16.3 Å². The van der Waals surface area contributed by atoms with Gasteiger partial charge in [0.25, 0.3) is 0 Å². The van der Waals surface area contributed by atoms with Crippen molar-refractivity contribution in [2.75, 3.05) is 0 Å². The maximum Gasteiger partial charge on any atom is 0.356 e. The number of rotatable bonds is 3. The molecule has 1 N–H and O–H groups in total. The molecule has 0 atom stereocenters. The van der Waals surface area contributed by atoms with Gasteiger partial charge in [0.2, 0.25) is 0 Å². The van der Waals surface area contributed by atoms with Crippen LogP contribution in [0.4, 0.5) is 0 Å². The van der Waals surface area contributed by atoms with Crippen LogP contribution < -0.4 is 0 Å². The smallest absolute Gasteiger partial charge is 0.356 e. The lowest BCUT2D eigenvalue weighted by molar-refractivity contribution is 0.0690. The van der Waals surface area contributed by atoms with Crippen LogP contribution in [-0.4, -0.2) is 25.4 Å². The van der Waals surface area contributed by atoms with Crippen LogP contribution in [0.5, 0.6) is 0 Å². The molecule has 0 radical (unpaired) electrons. The van der Waals surface area contributed by atoms with E-state index in [0.29, 0.717) is 17.8 Å². The molecule has 6 heteroatoms. The number of aromatic nitrogens is 3. The van der Waals surface area contributed by atoms with Crippen LogP contribution in [0.3, 0.4) is 0 Å². The molecular weight excluding hydrogens is 274 g/mol. The van der Waals surface area contributed by atoms with E-state index in [1.165, 1.54) is 11.3 Å². The standard InChI is InChI=1S/C14H13N3O2S/c1-8-4-3-5-17-10(6-11-15-9(2)7-20-11)12(14(18)19)16-13(8)17/h3-5,7H,6H2,1-2H3,(H,18,19). The molecule has 102 valence electrons. The zero-order valence-electron chi connectivity index (χ0n) is 11.1. The average Bonchev–Trinajstić information content (AvgIpc) is 2.96. The summed E-state index contributed by atoms with van der Waals surface area (Å²) in [6.07, 6.45) is 2.32. The van der Waals surface area contributed by atoms with E-state index in [9.17, 15) is 9.90 Å². The van der Waals surface area contributed by atoms with E-state index in [2.05, 4.69) is 9.97 Å². The Morgan fingerprint density at radius 3 is 2.85 bits per heavy atom. The number of hydrogen-bond acceptors (Lipinski definition) is 4. The summed E-state index contributed by atoms with van der Waals surface area (Å²) in [5.41, 5.74) is 3.37. The lowest BCUT2D eigenvalue weighted by Gasteiger charge is -2.02. The number of aryl methyl sites for hydroxylation is 2. The fourth-order valence-electron chi connectivity index (χ4n) is 2.22. The zero-order chi connectivity index (χ0) is 14.3. The minimum absolute atomic E-state index is 0.104. The molecular formula is C14H13N3O2S. The highest BCUT2D eigenvalue weighted by molar-refractivity contribution is 7.09. The Morgan fingerprint density at radius 1 is 1.40 bits per heavy atom. The molecule has 0 unspecified atom stereocenters. The van der Waals surface area contributed by atoms with E-state index in [-0.39, 0.29) is 5.69 Å². The van der Waals surface area contributed by atoms with Crippen molar-refractivity contribution < 1.29 is 9.90 Å². The van der Waals surface area contributed by atoms with Gasteiger partial charge in [-0.25, -0.2) is 14.8 Å². The first-order valence-corrected chi connectivity index (χ1v) is 7.05. The zero-order valence-corrected chi connectivity index (χ0v) is 11.9. The minimum Gasteiger partial charge on any atom is -0.476 e. The Balaban J connectivity index is 2.19. The van der Waals surface area contributed by atoms with Crippen LogP contribution in [0.1, 0.15) is 32.4 Å². The van der Waals surface area contributed by atoms with Gasteiger partial charge in [0.15, 0.2) is 5.69 Å². The Labute approximate surface area is 119 Å². The molecule has 0 spiro atoms. The summed E-state index contributed by atoms with van der Waals surface area (Å²) >= 11 is 1.54. The molecule has 3 rings (SSSR count). The summed E-state index contributed by atoms with van der Waals surface area (Å²) in [7, 11) is 0. The van der Waals surface area contributed by atoms with Gasteiger partial charge < -0.3 is 9.51 Å². The fourth-order valence-corrected chi connectivity index (χ4v) is 3.00. The molecule has 0 aliphatic rings. The highest BCUT2D eigenvalue weighted by Gasteiger charge is 2.20. The van der Waals surface area contributed by atoms with Crippen molar-refractivity contribution in [3.63, 3.8) is 0 Å². The van der Waals surface area contributed by atoms with Crippen molar-refractivity contribution in [3.05, 3.63) is 51.4 Å². The number of thiazole rings is 1. The molecule has 0 saturated heterocycles. The highest BCUT2D eigenvalue weighted by Crippen LogP contribution is 2.21. The van der Waals surface area contributed by atoms with Gasteiger partial charge in [0.05, 0.1) is 10.7 Å². The second kappa shape index (κ2) is 4.72. The molecule has 3 aromatic heterocycles. The third-order valence-electron chi connectivity index (χ3n) is 3.13. The third kappa shape index (κ3) is 2.08. The predicted octanol–water partition coefficient (Wildman–Crippen LogP) is 2.70. The Morgan fingerprint density at radius 2 is 2.20 bits per heavy atom. The maximum atomic E-state index is 11.4. The van der Waals surface area contributed by atoms with Gasteiger partial charge >= 0.3 is 5.97 Å². The first-order chi connectivity index (χ1) is 9.56. The monoisotopic (exact) mass is 287 g/mol. The predicted molar refractivity (Wildman–Crippen MR) is 76.5 cm³/mol. The molecule has 20 heavy (non-hydrogen) atoms. The first kappa shape index (κ1) is 12.8. The van der Waals surface area contributed by atoms with Crippen LogP contribution in [0.15, 0.2) is 23.7 Å². The average molecular weight is 287 g/mol. The second-order valence-corrected chi connectivity index (χ2v) is 5.60. The lowest BCUT2D eigenvalue weighted by Crippen LogP contribution is -2.04. The molecule has 5 nitrogen and oxygen atoms in total. The van der Waals surface area contributed by atoms with Gasteiger partial charge in [0.1, 0.15) is 5.65 Å². The number of hydrogen-bond donors (Lipinski definition) is 1. The molecule has 3 heterocycles. The van der Waals surface area contributed by atoms with E-state index in [1.807, 2.05) is 42.0 Å². The van der Waals surface area contributed by atoms with Crippen molar-refractivity contribution >= 4 is 23.0 Å². The van der Waals surface area contributed by atoms with Crippen LogP contribution in [0.2, 0.25) is 0 Å². The largest absolute Gasteiger partial charge is 0.476 e. The van der Waals surface area contributed by atoms with Crippen molar-refractivity contribution in [3.8, 4) is 0 Å². The summed E-state index contributed by atoms with van der Waals surface area (Å²) in [4.78, 5) is 20.1. The van der Waals surface area contributed by atoms with Crippen molar-refractivity contribution in [1.82, 2.24) is 14.4 Å². The first-order valence-electron chi connectivity index (χ1n) is 6.17.